The van der Waals surface area contributed by atoms with E-state index in [2.05, 4.69) is 26.6 Å². The molecular weight excluding hydrogens is 654 g/mol. The SMILES string of the molecule is C[C@H](NC(=O)CCC(=O)O)C(=O)N[C@@H](C)C(=O)N1CCC[C@H]1C(=O)N[C@@H](C)C(=O)N[C@@H](Cc1ccccc1)C(=O)Nc1ccc([N+](=O)[O-])cc1. The molecule has 6 N–H and O–H groups in total. The van der Waals surface area contributed by atoms with E-state index in [-0.39, 0.29) is 30.8 Å². The Kier molecular flexibility index (Phi) is 13.9. The molecule has 1 aliphatic heterocycles. The number of carboxylic acid groups (broad SMARTS) is 1. The lowest BCUT2D eigenvalue weighted by molar-refractivity contribution is -0.384. The van der Waals surface area contributed by atoms with Crippen LogP contribution in [0, 0.1) is 10.1 Å². The molecule has 1 heterocycles. The number of carbonyl (C=O) groups excluding carboxylic acids is 6. The first-order chi connectivity index (χ1) is 23.7. The van der Waals surface area contributed by atoms with E-state index in [1.807, 2.05) is 0 Å². The summed E-state index contributed by atoms with van der Waals surface area (Å²) >= 11 is 0. The summed E-state index contributed by atoms with van der Waals surface area (Å²) < 4.78 is 0. The lowest BCUT2D eigenvalue weighted by Gasteiger charge is -2.29. The number of nitro benzene ring substituents is 1. The van der Waals surface area contributed by atoms with Crippen LogP contribution < -0.4 is 26.6 Å². The van der Waals surface area contributed by atoms with Crippen LogP contribution in [0.2, 0.25) is 0 Å². The second-order valence-corrected chi connectivity index (χ2v) is 11.9. The van der Waals surface area contributed by atoms with Crippen molar-refractivity contribution in [3.8, 4) is 0 Å². The molecule has 0 radical (unpaired) electrons. The Morgan fingerprint density at radius 3 is 2.06 bits per heavy atom. The van der Waals surface area contributed by atoms with Crippen LogP contribution in [0.15, 0.2) is 54.6 Å². The van der Waals surface area contributed by atoms with Crippen LogP contribution in [0.5, 0.6) is 0 Å². The smallest absolute Gasteiger partial charge is 0.303 e. The molecular formula is C33H41N7O10. The molecule has 3 rings (SSSR count). The van der Waals surface area contributed by atoms with E-state index in [0.29, 0.717) is 12.8 Å². The van der Waals surface area contributed by atoms with Crippen molar-refractivity contribution in [1.82, 2.24) is 26.2 Å². The minimum atomic E-state index is -1.16. The summed E-state index contributed by atoms with van der Waals surface area (Å²) in [6, 6.07) is 8.84. The van der Waals surface area contributed by atoms with E-state index < -0.39 is 83.0 Å². The number of hydrogen-bond donors (Lipinski definition) is 6. The third-order valence-electron chi connectivity index (χ3n) is 7.92. The van der Waals surface area contributed by atoms with Crippen LogP contribution in [0.1, 0.15) is 52.0 Å². The number of rotatable bonds is 16. The zero-order chi connectivity index (χ0) is 37.0. The number of nitrogens with one attached hydrogen (secondary N) is 5. The summed E-state index contributed by atoms with van der Waals surface area (Å²) in [7, 11) is 0. The van der Waals surface area contributed by atoms with Gasteiger partial charge in [0.1, 0.15) is 30.2 Å². The normalized spacial score (nSPS) is 16.1. The minimum Gasteiger partial charge on any atom is -0.481 e. The number of aliphatic carboxylic acids is 1. The Hall–Kier alpha value is -5.87. The van der Waals surface area contributed by atoms with Gasteiger partial charge in [-0.25, -0.2) is 0 Å². The maximum atomic E-state index is 13.3. The molecule has 0 aromatic heterocycles. The Balaban J connectivity index is 1.60. The highest BCUT2D eigenvalue weighted by Crippen LogP contribution is 2.19. The molecule has 5 atom stereocenters. The van der Waals surface area contributed by atoms with Crippen molar-refractivity contribution in [3.05, 3.63) is 70.3 Å². The predicted molar refractivity (Wildman–Crippen MR) is 178 cm³/mol. The summed E-state index contributed by atoms with van der Waals surface area (Å²) in [6.45, 7) is 4.46. The topological polar surface area (TPSA) is 246 Å². The Bertz CT molecular complexity index is 1580. The van der Waals surface area contributed by atoms with E-state index in [0.717, 1.165) is 5.56 Å². The Morgan fingerprint density at radius 1 is 0.820 bits per heavy atom. The first-order valence-corrected chi connectivity index (χ1v) is 16.0. The molecule has 0 unspecified atom stereocenters. The third-order valence-corrected chi connectivity index (χ3v) is 7.92. The van der Waals surface area contributed by atoms with Crippen molar-refractivity contribution < 1.29 is 43.6 Å². The minimum absolute atomic E-state index is 0.102. The molecule has 0 spiro atoms. The van der Waals surface area contributed by atoms with Gasteiger partial charge in [0.15, 0.2) is 0 Å². The van der Waals surface area contributed by atoms with Crippen molar-refractivity contribution in [1.29, 1.82) is 0 Å². The van der Waals surface area contributed by atoms with E-state index in [1.165, 1.54) is 49.9 Å². The van der Waals surface area contributed by atoms with Crippen LogP contribution in [0.25, 0.3) is 0 Å². The zero-order valence-electron chi connectivity index (χ0n) is 27.8. The Labute approximate surface area is 287 Å². The van der Waals surface area contributed by atoms with Gasteiger partial charge in [0.2, 0.25) is 35.4 Å². The van der Waals surface area contributed by atoms with E-state index in [4.69, 9.17) is 5.11 Å². The van der Waals surface area contributed by atoms with Gasteiger partial charge in [0, 0.05) is 37.2 Å². The van der Waals surface area contributed by atoms with Crippen molar-refractivity contribution >= 4 is 52.8 Å². The molecule has 50 heavy (non-hydrogen) atoms. The van der Waals surface area contributed by atoms with Crippen LogP contribution in [0.4, 0.5) is 11.4 Å². The number of benzene rings is 2. The van der Waals surface area contributed by atoms with Crippen molar-refractivity contribution in [3.63, 3.8) is 0 Å². The lowest BCUT2D eigenvalue weighted by atomic mass is 10.0. The molecule has 17 heteroatoms. The molecule has 1 saturated heterocycles. The number of nitro groups is 1. The second-order valence-electron chi connectivity index (χ2n) is 11.9. The van der Waals surface area contributed by atoms with Gasteiger partial charge in [-0.15, -0.1) is 0 Å². The van der Waals surface area contributed by atoms with Gasteiger partial charge in [-0.2, -0.15) is 0 Å². The highest BCUT2D eigenvalue weighted by Gasteiger charge is 2.38. The van der Waals surface area contributed by atoms with E-state index in [1.54, 1.807) is 30.3 Å². The summed E-state index contributed by atoms with van der Waals surface area (Å²) in [4.78, 5) is 99.9. The number of amides is 6. The number of carbonyl (C=O) groups is 7. The molecule has 2 aromatic rings. The van der Waals surface area contributed by atoms with Crippen molar-refractivity contribution in [2.75, 3.05) is 11.9 Å². The molecule has 1 aliphatic rings. The summed E-state index contributed by atoms with van der Waals surface area (Å²) in [6.07, 6.45) is 0.179. The van der Waals surface area contributed by atoms with E-state index >= 15 is 0 Å². The molecule has 2 aromatic carbocycles. The highest BCUT2D eigenvalue weighted by atomic mass is 16.6. The third kappa shape index (κ3) is 11.4. The van der Waals surface area contributed by atoms with Gasteiger partial charge in [0.25, 0.3) is 5.69 Å². The van der Waals surface area contributed by atoms with Crippen LogP contribution in [0.3, 0.4) is 0 Å². The Morgan fingerprint density at radius 2 is 1.44 bits per heavy atom. The predicted octanol–water partition coefficient (Wildman–Crippen LogP) is 0.631. The first-order valence-electron chi connectivity index (χ1n) is 16.0. The second kappa shape index (κ2) is 18.0. The van der Waals surface area contributed by atoms with Gasteiger partial charge >= 0.3 is 5.97 Å². The number of anilines is 1. The largest absolute Gasteiger partial charge is 0.481 e. The molecule has 0 saturated carbocycles. The number of carboxylic acids is 1. The number of likely N-dealkylation sites (tertiary alicyclic amines) is 1. The van der Waals surface area contributed by atoms with Gasteiger partial charge in [0.05, 0.1) is 11.3 Å². The average molecular weight is 696 g/mol. The van der Waals surface area contributed by atoms with E-state index in [9.17, 15) is 43.7 Å². The zero-order valence-corrected chi connectivity index (χ0v) is 27.8. The maximum Gasteiger partial charge on any atom is 0.303 e. The monoisotopic (exact) mass is 695 g/mol. The maximum absolute atomic E-state index is 13.3. The van der Waals surface area contributed by atoms with Gasteiger partial charge in [-0.3, -0.25) is 43.7 Å². The number of hydrogen-bond acceptors (Lipinski definition) is 9. The fourth-order valence-electron chi connectivity index (χ4n) is 5.18. The summed E-state index contributed by atoms with van der Waals surface area (Å²) in [5.41, 5.74) is 0.861. The van der Waals surface area contributed by atoms with Crippen molar-refractivity contribution in [2.45, 2.75) is 83.1 Å². The molecule has 268 valence electrons. The number of nitrogens with zero attached hydrogens (tertiary/aromatic N) is 2. The quantitative estimate of drug-likeness (QED) is 0.106. The van der Waals surface area contributed by atoms with Crippen LogP contribution in [-0.2, 0) is 40.0 Å². The van der Waals surface area contributed by atoms with Gasteiger partial charge < -0.3 is 36.6 Å². The van der Waals surface area contributed by atoms with Gasteiger partial charge in [-0.05, 0) is 51.3 Å². The molecule has 17 nitrogen and oxygen atoms in total. The summed E-state index contributed by atoms with van der Waals surface area (Å²) in [5, 5.41) is 32.5. The molecule has 6 amide bonds. The lowest BCUT2D eigenvalue weighted by Crippen LogP contribution is -2.57. The van der Waals surface area contributed by atoms with Crippen molar-refractivity contribution in [2.24, 2.45) is 0 Å². The number of non-ortho nitro benzene ring substituents is 1. The highest BCUT2D eigenvalue weighted by molar-refractivity contribution is 5.99. The fraction of sp³-hybridized carbons (Fsp3) is 0.424. The average Bonchev–Trinajstić information content (AvgIpc) is 3.57. The fourth-order valence-corrected chi connectivity index (χ4v) is 5.18. The molecule has 0 aliphatic carbocycles. The first kappa shape index (κ1) is 38.6. The van der Waals surface area contributed by atoms with Gasteiger partial charge in [-0.1, -0.05) is 30.3 Å². The standard InChI is InChI=1S/C33H41N7O10/c1-19(34-27(41)15-16-28(42)43)29(44)36-21(3)33(48)39-17-7-10-26(39)32(47)35-20(2)30(45)38-25(18-22-8-5-4-6-9-22)31(46)37-23-11-13-24(14-12-23)40(49)50/h4-6,8-9,11-14,19-21,25-26H,7,10,15-18H2,1-3H3,(H,34,41)(H,35,47)(H,36,44)(H,37,46)(H,38,45)(H,42,43)/t19-,20-,21-,25-,26-/m0/s1. The molecule has 0 bridgehead atoms. The molecule has 1 fully saturated rings. The van der Waals surface area contributed by atoms with Crippen LogP contribution >= 0.6 is 0 Å². The summed E-state index contributed by atoms with van der Waals surface area (Å²) in [5.74, 6) is -4.90. The van der Waals surface area contributed by atoms with Crippen LogP contribution in [-0.4, -0.2) is 93.1 Å².